The Hall–Kier alpha value is -1.45. The van der Waals surface area contributed by atoms with Crippen molar-refractivity contribution in [3.8, 4) is 0 Å². The van der Waals surface area contributed by atoms with Crippen molar-refractivity contribution in [3.63, 3.8) is 0 Å². The van der Waals surface area contributed by atoms with E-state index in [1.165, 1.54) is 24.1 Å². The average Bonchev–Trinajstić information content (AvgIpc) is 2.76. The second-order valence-corrected chi connectivity index (χ2v) is 7.78. The van der Waals surface area contributed by atoms with Crippen molar-refractivity contribution in [2.24, 2.45) is 0 Å². The SMILES string of the molecule is CN(C)C(=O)CN(C)S(=O)(=O)c1ccc(CC(=O)O)s1. The third kappa shape index (κ3) is 4.02. The van der Waals surface area contributed by atoms with Crippen molar-refractivity contribution >= 4 is 33.2 Å². The first-order valence-corrected chi connectivity index (χ1v) is 7.87. The third-order valence-electron chi connectivity index (χ3n) is 2.48. The summed E-state index contributed by atoms with van der Waals surface area (Å²) in [4.78, 5) is 23.9. The van der Waals surface area contributed by atoms with E-state index in [1.54, 1.807) is 14.1 Å². The lowest BCUT2D eigenvalue weighted by atomic mass is 10.3. The predicted molar refractivity (Wildman–Crippen MR) is 74.2 cm³/mol. The molecule has 0 aromatic carbocycles. The van der Waals surface area contributed by atoms with Gasteiger partial charge in [0, 0.05) is 26.0 Å². The van der Waals surface area contributed by atoms with Gasteiger partial charge in [0.1, 0.15) is 4.21 Å². The highest BCUT2D eigenvalue weighted by Gasteiger charge is 2.25. The molecule has 1 aromatic heterocycles. The van der Waals surface area contributed by atoms with E-state index in [2.05, 4.69) is 0 Å². The van der Waals surface area contributed by atoms with E-state index in [0.717, 1.165) is 15.6 Å². The molecule has 1 aromatic rings. The van der Waals surface area contributed by atoms with Crippen LogP contribution in [0.5, 0.6) is 0 Å². The van der Waals surface area contributed by atoms with Crippen molar-refractivity contribution < 1.29 is 23.1 Å². The molecule has 1 heterocycles. The lowest BCUT2D eigenvalue weighted by Crippen LogP contribution is -2.37. The van der Waals surface area contributed by atoms with Gasteiger partial charge in [-0.25, -0.2) is 8.42 Å². The standard InChI is InChI=1S/C11H16N2O5S2/c1-12(2)9(14)7-13(3)20(17,18)11-5-4-8(19-11)6-10(15)16/h4-5H,6-7H2,1-3H3,(H,15,16). The summed E-state index contributed by atoms with van der Waals surface area (Å²) >= 11 is 0.897. The molecule has 0 aliphatic rings. The summed E-state index contributed by atoms with van der Waals surface area (Å²) < 4.78 is 25.4. The Labute approximate surface area is 121 Å². The van der Waals surface area contributed by atoms with Crippen LogP contribution in [0, 0.1) is 0 Å². The van der Waals surface area contributed by atoms with Crippen LogP contribution in [0.25, 0.3) is 0 Å². The third-order valence-corrected chi connectivity index (χ3v) is 5.84. The van der Waals surface area contributed by atoms with Crippen molar-refractivity contribution in [3.05, 3.63) is 17.0 Å². The largest absolute Gasteiger partial charge is 0.481 e. The predicted octanol–water partition coefficient (Wildman–Crippen LogP) is 0.0839. The van der Waals surface area contributed by atoms with E-state index in [-0.39, 0.29) is 23.1 Å². The fourth-order valence-electron chi connectivity index (χ4n) is 1.31. The zero-order chi connectivity index (χ0) is 15.5. The molecule has 1 rings (SSSR count). The summed E-state index contributed by atoms with van der Waals surface area (Å²) in [7, 11) is 0.623. The lowest BCUT2D eigenvalue weighted by Gasteiger charge is -2.18. The highest BCUT2D eigenvalue weighted by molar-refractivity contribution is 7.91. The maximum atomic E-state index is 12.2. The minimum atomic E-state index is -3.77. The molecule has 1 N–H and O–H groups in total. The number of sulfonamides is 1. The molecule has 20 heavy (non-hydrogen) atoms. The molecule has 9 heteroatoms. The molecule has 0 unspecified atom stereocenters. The van der Waals surface area contributed by atoms with E-state index in [4.69, 9.17) is 5.11 Å². The van der Waals surface area contributed by atoms with E-state index < -0.39 is 16.0 Å². The van der Waals surface area contributed by atoms with Crippen LogP contribution in [0.15, 0.2) is 16.3 Å². The molecule has 0 saturated carbocycles. The number of nitrogens with zero attached hydrogens (tertiary/aromatic N) is 2. The first kappa shape index (κ1) is 16.6. The Morgan fingerprint density at radius 2 is 1.85 bits per heavy atom. The van der Waals surface area contributed by atoms with Crippen LogP contribution in [0.4, 0.5) is 0 Å². The first-order valence-electron chi connectivity index (χ1n) is 5.61. The molecular weight excluding hydrogens is 304 g/mol. The number of hydrogen-bond donors (Lipinski definition) is 1. The highest BCUT2D eigenvalue weighted by Crippen LogP contribution is 2.24. The van der Waals surface area contributed by atoms with E-state index >= 15 is 0 Å². The molecule has 0 bridgehead atoms. The van der Waals surface area contributed by atoms with Gasteiger partial charge in [-0.2, -0.15) is 4.31 Å². The van der Waals surface area contributed by atoms with Crippen LogP contribution < -0.4 is 0 Å². The van der Waals surface area contributed by atoms with Crippen molar-refractivity contribution in [2.45, 2.75) is 10.6 Å². The van der Waals surface area contributed by atoms with Crippen LogP contribution in [-0.2, 0) is 26.0 Å². The molecule has 0 radical (unpaired) electrons. The molecule has 0 saturated heterocycles. The molecular formula is C11H16N2O5S2. The van der Waals surface area contributed by atoms with E-state index in [9.17, 15) is 18.0 Å². The molecule has 0 atom stereocenters. The van der Waals surface area contributed by atoms with Gasteiger partial charge in [0.15, 0.2) is 0 Å². The summed E-state index contributed by atoms with van der Waals surface area (Å²) in [6.07, 6.45) is -0.222. The zero-order valence-corrected chi connectivity index (χ0v) is 13.0. The van der Waals surface area contributed by atoms with Gasteiger partial charge in [-0.05, 0) is 12.1 Å². The number of thiophene rings is 1. The van der Waals surface area contributed by atoms with Crippen LogP contribution >= 0.6 is 11.3 Å². The minimum Gasteiger partial charge on any atom is -0.481 e. The van der Waals surface area contributed by atoms with Gasteiger partial charge in [-0.15, -0.1) is 11.3 Å². The van der Waals surface area contributed by atoms with Gasteiger partial charge in [0.2, 0.25) is 5.91 Å². The second-order valence-electron chi connectivity index (χ2n) is 4.34. The summed E-state index contributed by atoms with van der Waals surface area (Å²) in [6, 6.07) is 2.82. The van der Waals surface area contributed by atoms with E-state index in [0.29, 0.717) is 4.88 Å². The Morgan fingerprint density at radius 1 is 1.25 bits per heavy atom. The maximum Gasteiger partial charge on any atom is 0.308 e. The smallest absolute Gasteiger partial charge is 0.308 e. The zero-order valence-electron chi connectivity index (χ0n) is 11.4. The number of aliphatic carboxylic acids is 1. The van der Waals surface area contributed by atoms with Crippen LogP contribution in [0.3, 0.4) is 0 Å². The number of carboxylic acids is 1. The minimum absolute atomic E-state index is 0.0304. The number of carboxylic acid groups (broad SMARTS) is 1. The van der Waals surface area contributed by atoms with Gasteiger partial charge < -0.3 is 10.0 Å². The second kappa shape index (κ2) is 6.33. The lowest BCUT2D eigenvalue weighted by molar-refractivity contribution is -0.136. The first-order chi connectivity index (χ1) is 9.14. The molecule has 112 valence electrons. The topological polar surface area (TPSA) is 95.0 Å². The van der Waals surface area contributed by atoms with Crippen LogP contribution in [-0.4, -0.2) is 62.3 Å². The summed E-state index contributed by atoms with van der Waals surface area (Å²) in [5.41, 5.74) is 0. The number of rotatable bonds is 6. The number of amides is 1. The fourth-order valence-corrected chi connectivity index (χ4v) is 3.99. The average molecular weight is 320 g/mol. The Balaban J connectivity index is 2.90. The van der Waals surface area contributed by atoms with Gasteiger partial charge in [-0.1, -0.05) is 0 Å². The molecule has 1 amide bonds. The molecule has 0 aliphatic carbocycles. The summed E-state index contributed by atoms with van der Waals surface area (Å²) in [5.74, 6) is -1.36. The monoisotopic (exact) mass is 320 g/mol. The normalized spacial score (nSPS) is 11.6. The Bertz CT molecular complexity index is 606. The van der Waals surface area contributed by atoms with Gasteiger partial charge >= 0.3 is 5.97 Å². The van der Waals surface area contributed by atoms with Crippen LogP contribution in [0.1, 0.15) is 4.88 Å². The van der Waals surface area contributed by atoms with Crippen molar-refractivity contribution in [2.75, 3.05) is 27.7 Å². The number of carbonyl (C=O) groups is 2. The fraction of sp³-hybridized carbons (Fsp3) is 0.455. The summed E-state index contributed by atoms with van der Waals surface area (Å²) in [6.45, 7) is -0.262. The Kier molecular flexibility index (Phi) is 5.26. The number of likely N-dealkylation sites (N-methyl/N-ethyl adjacent to an activating group) is 2. The van der Waals surface area contributed by atoms with E-state index in [1.807, 2.05) is 0 Å². The molecule has 0 spiro atoms. The molecule has 7 nitrogen and oxygen atoms in total. The van der Waals surface area contributed by atoms with Gasteiger partial charge in [0.25, 0.3) is 10.0 Å². The molecule has 0 fully saturated rings. The quantitative estimate of drug-likeness (QED) is 0.801. The number of hydrogen-bond acceptors (Lipinski definition) is 5. The van der Waals surface area contributed by atoms with Gasteiger partial charge in [0.05, 0.1) is 13.0 Å². The highest BCUT2D eigenvalue weighted by atomic mass is 32.2. The summed E-state index contributed by atoms with van der Waals surface area (Å²) in [5, 5.41) is 8.66. The Morgan fingerprint density at radius 3 is 2.35 bits per heavy atom. The number of carbonyl (C=O) groups excluding carboxylic acids is 1. The van der Waals surface area contributed by atoms with Gasteiger partial charge in [-0.3, -0.25) is 9.59 Å². The molecule has 0 aliphatic heterocycles. The van der Waals surface area contributed by atoms with Crippen LogP contribution in [0.2, 0.25) is 0 Å². The van der Waals surface area contributed by atoms with Crippen molar-refractivity contribution in [1.82, 2.24) is 9.21 Å². The van der Waals surface area contributed by atoms with Crippen molar-refractivity contribution in [1.29, 1.82) is 0 Å². The maximum absolute atomic E-state index is 12.2.